The highest BCUT2D eigenvalue weighted by Crippen LogP contribution is 2.48. The zero-order valence-corrected chi connectivity index (χ0v) is 25.0. The summed E-state index contributed by atoms with van der Waals surface area (Å²) < 4.78 is 5.79. The lowest BCUT2D eigenvalue weighted by molar-refractivity contribution is -0.175. The van der Waals surface area contributed by atoms with Crippen molar-refractivity contribution in [3.8, 4) is 0 Å². The molecule has 44 heavy (non-hydrogen) atoms. The number of para-hydroxylation sites is 1. The van der Waals surface area contributed by atoms with Crippen LogP contribution in [-0.2, 0) is 19.1 Å². The smallest absolute Gasteiger partial charge is 0.342 e. The van der Waals surface area contributed by atoms with E-state index in [1.54, 1.807) is 63.2 Å². The summed E-state index contributed by atoms with van der Waals surface area (Å²) in [5, 5.41) is 17.0. The van der Waals surface area contributed by atoms with Crippen LogP contribution < -0.4 is 16.0 Å². The van der Waals surface area contributed by atoms with Crippen molar-refractivity contribution in [2.45, 2.75) is 51.3 Å². The van der Waals surface area contributed by atoms with Gasteiger partial charge in [-0.1, -0.05) is 61.5 Å². The first kappa shape index (κ1) is 31.7. The van der Waals surface area contributed by atoms with Gasteiger partial charge in [-0.05, 0) is 69.0 Å². The van der Waals surface area contributed by atoms with Gasteiger partial charge in [-0.2, -0.15) is 0 Å². The molecule has 0 spiro atoms. The number of esters is 1. The molecule has 11 nitrogen and oxygen atoms in total. The minimum Gasteiger partial charge on any atom is -0.478 e. The first-order chi connectivity index (χ1) is 20.8. The summed E-state index contributed by atoms with van der Waals surface area (Å²) in [5.41, 5.74) is -1.71. The van der Waals surface area contributed by atoms with E-state index in [-0.39, 0.29) is 23.6 Å². The topological polar surface area (TPSA) is 154 Å². The number of nitrogens with one attached hydrogen (secondary N) is 3. The molecule has 0 aromatic heterocycles. The normalized spacial score (nSPS) is 19.5. The van der Waals surface area contributed by atoms with E-state index in [4.69, 9.17) is 4.74 Å². The fourth-order valence-corrected chi connectivity index (χ4v) is 5.40. The summed E-state index contributed by atoms with van der Waals surface area (Å²) >= 11 is 0. The second-order valence-corrected chi connectivity index (χ2v) is 11.7. The van der Waals surface area contributed by atoms with Crippen molar-refractivity contribution in [2.75, 3.05) is 17.2 Å². The molecule has 1 aliphatic rings. The third-order valence-corrected chi connectivity index (χ3v) is 7.17. The molecule has 1 heterocycles. The van der Waals surface area contributed by atoms with Gasteiger partial charge in [0.15, 0.2) is 0 Å². The molecule has 0 saturated carbocycles. The van der Waals surface area contributed by atoms with E-state index in [0.29, 0.717) is 11.3 Å². The maximum atomic E-state index is 14.2. The molecule has 0 radical (unpaired) electrons. The highest BCUT2D eigenvalue weighted by Gasteiger charge is 2.63. The first-order valence-electron chi connectivity index (χ1n) is 14.2. The summed E-state index contributed by atoms with van der Waals surface area (Å²) in [7, 11) is 0. The maximum absolute atomic E-state index is 14.2. The van der Waals surface area contributed by atoms with E-state index in [0.717, 1.165) is 0 Å². The van der Waals surface area contributed by atoms with Crippen molar-refractivity contribution in [1.29, 1.82) is 0 Å². The molecular formula is C33H36N4O7. The predicted octanol–water partition coefficient (Wildman–Crippen LogP) is 4.84. The molecule has 3 aromatic carbocycles. The molecule has 0 bridgehead atoms. The number of rotatable bonds is 8. The molecule has 0 aliphatic carbocycles. The van der Waals surface area contributed by atoms with Gasteiger partial charge in [0.2, 0.25) is 11.4 Å². The third-order valence-electron chi connectivity index (χ3n) is 7.17. The van der Waals surface area contributed by atoms with Gasteiger partial charge in [-0.3, -0.25) is 9.59 Å². The van der Waals surface area contributed by atoms with Gasteiger partial charge in [0.1, 0.15) is 5.60 Å². The van der Waals surface area contributed by atoms with Crippen LogP contribution in [0.2, 0.25) is 0 Å². The van der Waals surface area contributed by atoms with Crippen molar-refractivity contribution >= 4 is 41.2 Å². The Hall–Kier alpha value is -5.19. The van der Waals surface area contributed by atoms with Crippen LogP contribution in [0.5, 0.6) is 0 Å². The van der Waals surface area contributed by atoms with Gasteiger partial charge < -0.3 is 30.7 Å². The van der Waals surface area contributed by atoms with Crippen LogP contribution in [0.1, 0.15) is 56.1 Å². The number of hydrogen-bond donors (Lipinski definition) is 4. The van der Waals surface area contributed by atoms with Crippen LogP contribution >= 0.6 is 0 Å². The second-order valence-electron chi connectivity index (χ2n) is 11.7. The van der Waals surface area contributed by atoms with Crippen molar-refractivity contribution in [2.24, 2.45) is 5.92 Å². The predicted molar refractivity (Wildman–Crippen MR) is 164 cm³/mol. The molecule has 4 rings (SSSR count). The van der Waals surface area contributed by atoms with Crippen molar-refractivity contribution in [3.05, 3.63) is 96.1 Å². The molecule has 11 heteroatoms. The van der Waals surface area contributed by atoms with Gasteiger partial charge in [-0.25, -0.2) is 14.4 Å². The number of benzene rings is 3. The average molecular weight is 601 g/mol. The van der Waals surface area contributed by atoms with Crippen LogP contribution in [0.4, 0.5) is 16.2 Å². The Morgan fingerprint density at radius 3 is 2.11 bits per heavy atom. The first-order valence-corrected chi connectivity index (χ1v) is 14.2. The lowest BCUT2D eigenvalue weighted by Gasteiger charge is -2.39. The molecule has 230 valence electrons. The largest absolute Gasteiger partial charge is 0.478 e. The summed E-state index contributed by atoms with van der Waals surface area (Å²) in [5.74, 6) is -3.82. The molecule has 1 aliphatic heterocycles. The van der Waals surface area contributed by atoms with E-state index < -0.39 is 53.5 Å². The third kappa shape index (κ3) is 7.05. The Kier molecular flexibility index (Phi) is 9.37. The van der Waals surface area contributed by atoms with E-state index in [9.17, 15) is 29.1 Å². The van der Waals surface area contributed by atoms with Gasteiger partial charge >= 0.3 is 18.0 Å². The molecule has 4 N–H and O–H groups in total. The average Bonchev–Trinajstić information content (AvgIpc) is 3.30. The fraction of sp³-hybridized carbons (Fsp3) is 0.303. The molecule has 1 fully saturated rings. The quantitative estimate of drug-likeness (QED) is 0.213. The number of urea groups is 1. The number of ether oxygens (including phenoxy) is 1. The van der Waals surface area contributed by atoms with E-state index in [2.05, 4.69) is 16.0 Å². The van der Waals surface area contributed by atoms with Gasteiger partial charge in [0.05, 0.1) is 18.2 Å². The number of hydrogen-bond acceptors (Lipinski definition) is 6. The number of aromatic carboxylic acids is 1. The number of amides is 4. The van der Waals surface area contributed by atoms with E-state index in [1.165, 1.54) is 29.2 Å². The minimum atomic E-state index is -2.06. The minimum absolute atomic E-state index is 0.0257. The Balaban J connectivity index is 1.70. The molecular weight excluding hydrogens is 564 g/mol. The van der Waals surface area contributed by atoms with Crippen LogP contribution in [-0.4, -0.2) is 57.5 Å². The van der Waals surface area contributed by atoms with E-state index in [1.807, 2.05) is 25.1 Å². The Labute approximate surface area is 255 Å². The summed E-state index contributed by atoms with van der Waals surface area (Å²) in [4.78, 5) is 67.8. The fourth-order valence-electron chi connectivity index (χ4n) is 5.40. The summed E-state index contributed by atoms with van der Waals surface area (Å²) in [6.45, 7) is 6.33. The van der Waals surface area contributed by atoms with E-state index >= 15 is 0 Å². The SMILES string of the molecule is CC1CC(C(=O)Nc2ccccc2)(C(=O)OC(C)(C)C)N(C(=O)CNC(=O)Nc2cccc(C(=O)O)c2)C1c1ccccc1. The number of carboxylic acid groups (broad SMARTS) is 1. The van der Waals surface area contributed by atoms with Crippen molar-refractivity contribution < 1.29 is 33.8 Å². The number of carbonyl (C=O) groups excluding carboxylic acids is 4. The molecule has 3 unspecified atom stereocenters. The summed E-state index contributed by atoms with van der Waals surface area (Å²) in [6.07, 6.45) is -0.0277. The zero-order valence-electron chi connectivity index (χ0n) is 25.0. The van der Waals surface area contributed by atoms with Gasteiger partial charge in [0.25, 0.3) is 5.91 Å². The van der Waals surface area contributed by atoms with Crippen molar-refractivity contribution in [3.63, 3.8) is 0 Å². The molecule has 3 aromatic rings. The second kappa shape index (κ2) is 13.0. The molecule has 4 amide bonds. The van der Waals surface area contributed by atoms with Crippen LogP contribution in [0, 0.1) is 5.92 Å². The zero-order chi connectivity index (χ0) is 32.1. The van der Waals surface area contributed by atoms with Gasteiger partial charge in [-0.15, -0.1) is 0 Å². The Morgan fingerprint density at radius 1 is 0.886 bits per heavy atom. The van der Waals surface area contributed by atoms with Crippen LogP contribution in [0.3, 0.4) is 0 Å². The van der Waals surface area contributed by atoms with Crippen LogP contribution in [0.25, 0.3) is 0 Å². The molecule has 3 atom stereocenters. The Morgan fingerprint density at radius 2 is 1.50 bits per heavy atom. The number of carbonyl (C=O) groups is 5. The highest BCUT2D eigenvalue weighted by molar-refractivity contribution is 6.16. The van der Waals surface area contributed by atoms with Crippen molar-refractivity contribution in [1.82, 2.24) is 10.2 Å². The summed E-state index contributed by atoms with van der Waals surface area (Å²) in [6, 6.07) is 21.8. The van der Waals surface area contributed by atoms with Gasteiger partial charge in [0, 0.05) is 11.4 Å². The maximum Gasteiger partial charge on any atom is 0.342 e. The van der Waals surface area contributed by atoms with Crippen LogP contribution in [0.15, 0.2) is 84.9 Å². The number of anilines is 2. The Bertz CT molecular complexity index is 1540. The highest BCUT2D eigenvalue weighted by atomic mass is 16.6. The number of likely N-dealkylation sites (tertiary alicyclic amines) is 1. The molecule has 1 saturated heterocycles. The number of carboxylic acids is 1. The monoisotopic (exact) mass is 600 g/mol. The lowest BCUT2D eigenvalue weighted by Crippen LogP contribution is -2.63. The lowest BCUT2D eigenvalue weighted by atomic mass is 9.89. The number of nitrogens with zero attached hydrogens (tertiary/aromatic N) is 1. The standard InChI is InChI=1S/C33H36N4O7/c1-21-19-33(30(42)44-32(2,3)4,29(41)35-24-15-9-6-10-16-24)37(27(21)22-12-7-5-8-13-22)26(38)20-34-31(43)36-25-17-11-14-23(18-25)28(39)40/h5-18,21,27H,19-20H2,1-4H3,(H,35,41)(H,39,40)(H2,34,36,43).